The van der Waals surface area contributed by atoms with Crippen molar-refractivity contribution < 1.29 is 13.2 Å². The van der Waals surface area contributed by atoms with Gasteiger partial charge in [0.1, 0.15) is 5.52 Å². The number of hydrogen-bond acceptors (Lipinski definition) is 5. The van der Waals surface area contributed by atoms with Gasteiger partial charge in [0.2, 0.25) is 15.9 Å². The number of sulfonamides is 1. The van der Waals surface area contributed by atoms with Crippen LogP contribution in [0.25, 0.3) is 11.0 Å². The summed E-state index contributed by atoms with van der Waals surface area (Å²) in [7, 11) is -3.48. The molecule has 1 amide bonds. The van der Waals surface area contributed by atoms with Crippen molar-refractivity contribution >= 4 is 32.7 Å². The van der Waals surface area contributed by atoms with Crippen molar-refractivity contribution in [3.05, 3.63) is 48.0 Å². The SMILES string of the molecule is O=C(CCCn1nnc2cc(S(=O)(=O)N3CCCC3)ccc21)N1CCCc2ccccc21. The number of hydrogen-bond donors (Lipinski definition) is 0. The standard InChI is InChI=1S/C23H27N5O3S/c29-23(27-15-5-8-18-7-1-2-9-21(18)27)10-6-16-28-22-12-11-19(17-20(22)24-25-28)32(30,31)26-13-3-4-14-26/h1-2,7,9,11-12,17H,3-6,8,10,13-16H2. The van der Waals surface area contributed by atoms with E-state index in [1.54, 1.807) is 22.9 Å². The van der Waals surface area contributed by atoms with Crippen LogP contribution >= 0.6 is 0 Å². The summed E-state index contributed by atoms with van der Waals surface area (Å²) in [5.41, 5.74) is 3.60. The largest absolute Gasteiger partial charge is 0.312 e. The van der Waals surface area contributed by atoms with E-state index in [0.29, 0.717) is 38.0 Å². The van der Waals surface area contributed by atoms with Crippen molar-refractivity contribution in [2.24, 2.45) is 0 Å². The van der Waals surface area contributed by atoms with E-state index >= 15 is 0 Å². The summed E-state index contributed by atoms with van der Waals surface area (Å²) in [6, 6.07) is 13.1. The molecule has 2 aromatic carbocycles. The first-order valence-electron chi connectivity index (χ1n) is 11.3. The maximum Gasteiger partial charge on any atom is 0.243 e. The minimum atomic E-state index is -3.48. The number of aromatic nitrogens is 3. The van der Waals surface area contributed by atoms with Crippen LogP contribution in [0.3, 0.4) is 0 Å². The highest BCUT2D eigenvalue weighted by Gasteiger charge is 2.28. The van der Waals surface area contributed by atoms with Gasteiger partial charge in [0.05, 0.1) is 10.4 Å². The molecule has 8 nitrogen and oxygen atoms in total. The van der Waals surface area contributed by atoms with E-state index in [0.717, 1.165) is 43.4 Å². The number of carbonyl (C=O) groups is 1. The van der Waals surface area contributed by atoms with E-state index in [-0.39, 0.29) is 10.8 Å². The van der Waals surface area contributed by atoms with Gasteiger partial charge in [-0.25, -0.2) is 13.1 Å². The number of nitrogens with zero attached hydrogens (tertiary/aromatic N) is 5. The molecule has 0 spiro atoms. The van der Waals surface area contributed by atoms with E-state index in [1.807, 2.05) is 23.1 Å². The molecule has 3 aromatic rings. The van der Waals surface area contributed by atoms with Crippen LogP contribution in [0.15, 0.2) is 47.4 Å². The van der Waals surface area contributed by atoms with Crippen LogP contribution in [0.2, 0.25) is 0 Å². The van der Waals surface area contributed by atoms with Gasteiger partial charge in [-0.1, -0.05) is 23.4 Å². The molecule has 9 heteroatoms. The number of carbonyl (C=O) groups excluding carboxylic acids is 1. The van der Waals surface area contributed by atoms with Crippen molar-refractivity contribution in [1.82, 2.24) is 19.3 Å². The Kier molecular flexibility index (Phi) is 5.69. The molecule has 3 heterocycles. The van der Waals surface area contributed by atoms with Gasteiger partial charge < -0.3 is 4.90 Å². The van der Waals surface area contributed by atoms with Gasteiger partial charge in [0.25, 0.3) is 0 Å². The molecule has 2 aliphatic heterocycles. The second kappa shape index (κ2) is 8.63. The first-order valence-corrected chi connectivity index (χ1v) is 12.7. The fourth-order valence-electron chi connectivity index (χ4n) is 4.66. The second-order valence-corrected chi connectivity index (χ2v) is 10.4. The number of aryl methyl sites for hydroxylation is 2. The van der Waals surface area contributed by atoms with Gasteiger partial charge in [-0.2, -0.15) is 4.31 Å². The number of rotatable bonds is 6. The lowest BCUT2D eigenvalue weighted by Crippen LogP contribution is -2.35. The molecule has 0 atom stereocenters. The molecular weight excluding hydrogens is 426 g/mol. The van der Waals surface area contributed by atoms with Crippen molar-refractivity contribution in [3.8, 4) is 0 Å². The van der Waals surface area contributed by atoms with Crippen LogP contribution in [0.1, 0.15) is 37.7 Å². The summed E-state index contributed by atoms with van der Waals surface area (Å²) in [5, 5.41) is 8.37. The maximum absolute atomic E-state index is 12.8. The smallest absolute Gasteiger partial charge is 0.243 e. The lowest BCUT2D eigenvalue weighted by Gasteiger charge is -2.29. The minimum Gasteiger partial charge on any atom is -0.312 e. The molecule has 0 N–H and O–H groups in total. The van der Waals surface area contributed by atoms with Crippen LogP contribution in [0, 0.1) is 0 Å². The summed E-state index contributed by atoms with van der Waals surface area (Å²) >= 11 is 0. The molecule has 0 unspecified atom stereocenters. The van der Waals surface area contributed by atoms with E-state index in [4.69, 9.17) is 0 Å². The summed E-state index contributed by atoms with van der Waals surface area (Å²) in [6.45, 7) is 2.46. The van der Waals surface area contributed by atoms with Gasteiger partial charge in [0.15, 0.2) is 0 Å². The topological polar surface area (TPSA) is 88.4 Å². The molecule has 5 rings (SSSR count). The van der Waals surface area contributed by atoms with Crippen molar-refractivity contribution in [3.63, 3.8) is 0 Å². The molecule has 2 aliphatic rings. The van der Waals surface area contributed by atoms with Gasteiger partial charge in [-0.05, 0) is 61.9 Å². The third kappa shape index (κ3) is 3.91. The fraction of sp³-hybridized carbons (Fsp3) is 0.435. The average Bonchev–Trinajstić information content (AvgIpc) is 3.49. The normalized spacial score (nSPS) is 17.1. The predicted molar refractivity (Wildman–Crippen MR) is 122 cm³/mol. The van der Waals surface area contributed by atoms with Gasteiger partial charge in [-0.3, -0.25) is 4.79 Å². The van der Waals surface area contributed by atoms with Crippen LogP contribution in [-0.2, 0) is 27.8 Å². The van der Waals surface area contributed by atoms with Gasteiger partial charge in [-0.15, -0.1) is 5.10 Å². The highest BCUT2D eigenvalue weighted by atomic mass is 32.2. The van der Waals surface area contributed by atoms with Crippen LogP contribution in [0.4, 0.5) is 5.69 Å². The molecule has 0 bridgehead atoms. The Morgan fingerprint density at radius 2 is 1.81 bits per heavy atom. The third-order valence-electron chi connectivity index (χ3n) is 6.36. The molecular formula is C23H27N5O3S. The Balaban J connectivity index is 1.25. The number of para-hydroxylation sites is 1. The number of anilines is 1. The highest BCUT2D eigenvalue weighted by molar-refractivity contribution is 7.89. The highest BCUT2D eigenvalue weighted by Crippen LogP contribution is 2.28. The molecule has 168 valence electrons. The van der Waals surface area contributed by atoms with Gasteiger partial charge >= 0.3 is 0 Å². The molecule has 0 radical (unpaired) electrons. The lowest BCUT2D eigenvalue weighted by molar-refractivity contribution is -0.118. The molecule has 32 heavy (non-hydrogen) atoms. The molecule has 0 aliphatic carbocycles. The predicted octanol–water partition coefficient (Wildman–Crippen LogP) is 2.98. The summed E-state index contributed by atoms with van der Waals surface area (Å²) < 4.78 is 28.9. The zero-order chi connectivity index (χ0) is 22.1. The Morgan fingerprint density at radius 1 is 1.00 bits per heavy atom. The summed E-state index contributed by atoms with van der Waals surface area (Å²) in [4.78, 5) is 15.0. The first kappa shape index (κ1) is 21.1. The van der Waals surface area contributed by atoms with E-state index in [2.05, 4.69) is 16.4 Å². The Bertz CT molecular complexity index is 1250. The molecule has 1 aromatic heterocycles. The molecule has 0 saturated carbocycles. The number of amides is 1. The van der Waals surface area contributed by atoms with Gasteiger partial charge in [0, 0.05) is 38.3 Å². The van der Waals surface area contributed by atoms with Crippen LogP contribution in [-0.4, -0.2) is 53.3 Å². The second-order valence-electron chi connectivity index (χ2n) is 8.46. The van der Waals surface area contributed by atoms with Crippen molar-refractivity contribution in [2.45, 2.75) is 50.0 Å². The zero-order valence-corrected chi connectivity index (χ0v) is 18.8. The van der Waals surface area contributed by atoms with Crippen molar-refractivity contribution in [2.75, 3.05) is 24.5 Å². The third-order valence-corrected chi connectivity index (χ3v) is 8.25. The average molecular weight is 454 g/mol. The van der Waals surface area contributed by atoms with Crippen LogP contribution in [0.5, 0.6) is 0 Å². The van der Waals surface area contributed by atoms with E-state index < -0.39 is 10.0 Å². The maximum atomic E-state index is 12.8. The number of benzene rings is 2. The monoisotopic (exact) mass is 453 g/mol. The Morgan fingerprint density at radius 3 is 2.66 bits per heavy atom. The minimum absolute atomic E-state index is 0.126. The van der Waals surface area contributed by atoms with Crippen LogP contribution < -0.4 is 4.90 Å². The first-order chi connectivity index (χ1) is 15.5. The zero-order valence-electron chi connectivity index (χ0n) is 18.0. The fourth-order valence-corrected chi connectivity index (χ4v) is 6.20. The van der Waals surface area contributed by atoms with E-state index in [9.17, 15) is 13.2 Å². The quantitative estimate of drug-likeness (QED) is 0.573. The molecule has 1 saturated heterocycles. The number of fused-ring (bicyclic) bond motifs is 2. The summed E-state index contributed by atoms with van der Waals surface area (Å²) in [6.07, 6.45) is 4.87. The van der Waals surface area contributed by atoms with E-state index in [1.165, 1.54) is 9.87 Å². The summed E-state index contributed by atoms with van der Waals surface area (Å²) in [5.74, 6) is 0.126. The molecule has 1 fully saturated rings. The Hall–Kier alpha value is -2.78. The Labute approximate surface area is 187 Å². The lowest BCUT2D eigenvalue weighted by atomic mass is 10.0. The van der Waals surface area contributed by atoms with Crippen molar-refractivity contribution in [1.29, 1.82) is 0 Å².